The van der Waals surface area contributed by atoms with Crippen LogP contribution in [0.25, 0.3) is 0 Å². The highest BCUT2D eigenvalue weighted by Crippen LogP contribution is 1.88. The molecule has 0 aromatic heterocycles. The zero-order valence-electron chi connectivity index (χ0n) is 6.30. The molecule has 1 unspecified atom stereocenters. The van der Waals surface area contributed by atoms with E-state index in [1.807, 2.05) is 0 Å². The van der Waals surface area contributed by atoms with Crippen LogP contribution in [0.1, 0.15) is 13.8 Å². The summed E-state index contributed by atoms with van der Waals surface area (Å²) >= 11 is 0. The lowest BCUT2D eigenvalue weighted by Crippen LogP contribution is -2.46. The molecule has 0 saturated heterocycles. The summed E-state index contributed by atoms with van der Waals surface area (Å²) in [7, 11) is 0. The van der Waals surface area contributed by atoms with Gasteiger partial charge in [-0.15, -0.1) is 0 Å². The SMILES string of the molecule is CCN(CC)C(N)CN. The molecule has 3 nitrogen and oxygen atoms in total. The third-order valence-electron chi connectivity index (χ3n) is 1.52. The van der Waals surface area contributed by atoms with E-state index in [0.717, 1.165) is 13.1 Å². The average molecular weight is 131 g/mol. The summed E-state index contributed by atoms with van der Waals surface area (Å²) in [6.45, 7) is 6.67. The van der Waals surface area contributed by atoms with Gasteiger partial charge in [-0.3, -0.25) is 4.90 Å². The van der Waals surface area contributed by atoms with Crippen molar-refractivity contribution in [3.05, 3.63) is 0 Å². The minimum atomic E-state index is 0.0417. The van der Waals surface area contributed by atoms with Crippen LogP contribution in [0.3, 0.4) is 0 Å². The van der Waals surface area contributed by atoms with Gasteiger partial charge in [0.25, 0.3) is 0 Å². The van der Waals surface area contributed by atoms with E-state index in [4.69, 9.17) is 11.5 Å². The fourth-order valence-corrected chi connectivity index (χ4v) is 0.842. The first-order chi connectivity index (χ1) is 4.26. The molecule has 0 aliphatic rings. The van der Waals surface area contributed by atoms with E-state index in [2.05, 4.69) is 18.7 Å². The van der Waals surface area contributed by atoms with E-state index >= 15 is 0 Å². The largest absolute Gasteiger partial charge is 0.328 e. The molecule has 0 bridgehead atoms. The molecule has 56 valence electrons. The third-order valence-corrected chi connectivity index (χ3v) is 1.52. The molecular weight excluding hydrogens is 114 g/mol. The van der Waals surface area contributed by atoms with Crippen LogP contribution in [0.4, 0.5) is 0 Å². The van der Waals surface area contributed by atoms with Crippen LogP contribution < -0.4 is 11.5 Å². The molecular formula is C6H17N3. The summed E-state index contributed by atoms with van der Waals surface area (Å²) in [4.78, 5) is 2.12. The molecule has 0 amide bonds. The van der Waals surface area contributed by atoms with Crippen LogP contribution in [0.15, 0.2) is 0 Å². The van der Waals surface area contributed by atoms with Crippen LogP contribution in [-0.2, 0) is 0 Å². The van der Waals surface area contributed by atoms with Gasteiger partial charge in [-0.2, -0.15) is 0 Å². The van der Waals surface area contributed by atoms with E-state index < -0.39 is 0 Å². The summed E-state index contributed by atoms with van der Waals surface area (Å²) in [5, 5.41) is 0. The van der Waals surface area contributed by atoms with Gasteiger partial charge in [-0.25, -0.2) is 0 Å². The molecule has 9 heavy (non-hydrogen) atoms. The maximum atomic E-state index is 5.64. The van der Waals surface area contributed by atoms with Crippen molar-refractivity contribution in [2.45, 2.75) is 20.0 Å². The second-order valence-corrected chi connectivity index (χ2v) is 2.02. The Morgan fingerprint density at radius 2 is 1.78 bits per heavy atom. The Morgan fingerprint density at radius 1 is 1.33 bits per heavy atom. The Morgan fingerprint density at radius 3 is 1.89 bits per heavy atom. The lowest BCUT2D eigenvalue weighted by atomic mass is 10.4. The normalized spacial score (nSPS) is 14.3. The summed E-state index contributed by atoms with van der Waals surface area (Å²) < 4.78 is 0. The van der Waals surface area contributed by atoms with E-state index in [1.54, 1.807) is 0 Å². The van der Waals surface area contributed by atoms with Crippen LogP contribution in [0.2, 0.25) is 0 Å². The van der Waals surface area contributed by atoms with E-state index in [-0.39, 0.29) is 6.17 Å². The minimum absolute atomic E-state index is 0.0417. The van der Waals surface area contributed by atoms with Crippen molar-refractivity contribution in [1.29, 1.82) is 0 Å². The predicted molar refractivity (Wildman–Crippen MR) is 40.0 cm³/mol. The van der Waals surface area contributed by atoms with Gasteiger partial charge >= 0.3 is 0 Å². The predicted octanol–water partition coefficient (Wildman–Crippen LogP) is -0.428. The number of nitrogens with zero attached hydrogens (tertiary/aromatic N) is 1. The molecule has 0 rings (SSSR count). The first-order valence-electron chi connectivity index (χ1n) is 3.45. The van der Waals surface area contributed by atoms with Gasteiger partial charge in [-0.1, -0.05) is 13.8 Å². The maximum absolute atomic E-state index is 5.64. The van der Waals surface area contributed by atoms with Crippen LogP contribution in [0, 0.1) is 0 Å². The second-order valence-electron chi connectivity index (χ2n) is 2.02. The van der Waals surface area contributed by atoms with Gasteiger partial charge in [0.2, 0.25) is 0 Å². The van der Waals surface area contributed by atoms with Crippen LogP contribution >= 0.6 is 0 Å². The van der Waals surface area contributed by atoms with Gasteiger partial charge in [0.05, 0.1) is 6.17 Å². The lowest BCUT2D eigenvalue weighted by Gasteiger charge is -2.24. The first-order valence-corrected chi connectivity index (χ1v) is 3.45. The molecule has 4 N–H and O–H groups in total. The highest BCUT2D eigenvalue weighted by Gasteiger charge is 2.05. The third kappa shape index (κ3) is 2.79. The molecule has 3 heteroatoms. The second kappa shape index (κ2) is 4.73. The molecule has 0 aliphatic carbocycles. The molecule has 0 fully saturated rings. The van der Waals surface area contributed by atoms with Gasteiger partial charge in [0.1, 0.15) is 0 Å². The number of hydrogen-bond donors (Lipinski definition) is 2. The average Bonchev–Trinajstić information content (AvgIpc) is 1.90. The Kier molecular flexibility index (Phi) is 4.67. The topological polar surface area (TPSA) is 55.3 Å². The monoisotopic (exact) mass is 131 g/mol. The zero-order chi connectivity index (χ0) is 7.28. The minimum Gasteiger partial charge on any atom is -0.328 e. The van der Waals surface area contributed by atoms with Crippen molar-refractivity contribution in [2.75, 3.05) is 19.6 Å². The summed E-state index contributed by atoms with van der Waals surface area (Å²) in [5.74, 6) is 0. The molecule has 0 aromatic rings. The lowest BCUT2D eigenvalue weighted by molar-refractivity contribution is 0.226. The van der Waals surface area contributed by atoms with Crippen molar-refractivity contribution >= 4 is 0 Å². The van der Waals surface area contributed by atoms with E-state index in [0.29, 0.717) is 6.54 Å². The smallest absolute Gasteiger partial charge is 0.0698 e. The number of rotatable bonds is 4. The fourth-order valence-electron chi connectivity index (χ4n) is 0.842. The van der Waals surface area contributed by atoms with Crippen molar-refractivity contribution < 1.29 is 0 Å². The van der Waals surface area contributed by atoms with Crippen molar-refractivity contribution in [2.24, 2.45) is 11.5 Å². The van der Waals surface area contributed by atoms with E-state index in [9.17, 15) is 0 Å². The van der Waals surface area contributed by atoms with Gasteiger partial charge in [0, 0.05) is 6.54 Å². The molecule has 0 heterocycles. The van der Waals surface area contributed by atoms with Crippen molar-refractivity contribution in [1.82, 2.24) is 4.90 Å². The standard InChI is InChI=1S/C6H17N3/c1-3-9(4-2)6(8)5-7/h6H,3-5,7-8H2,1-2H3. The molecule has 0 aliphatic heterocycles. The molecule has 0 radical (unpaired) electrons. The van der Waals surface area contributed by atoms with Crippen molar-refractivity contribution in [3.63, 3.8) is 0 Å². The van der Waals surface area contributed by atoms with Crippen molar-refractivity contribution in [3.8, 4) is 0 Å². The van der Waals surface area contributed by atoms with Crippen LogP contribution in [-0.4, -0.2) is 30.7 Å². The first kappa shape index (κ1) is 8.88. The molecule has 1 atom stereocenters. The zero-order valence-corrected chi connectivity index (χ0v) is 6.30. The number of nitrogens with two attached hydrogens (primary N) is 2. The Labute approximate surface area is 57.0 Å². The Bertz CT molecular complexity index is 61.3. The number of likely N-dealkylation sites (N-methyl/N-ethyl adjacent to an activating group) is 1. The maximum Gasteiger partial charge on any atom is 0.0698 e. The Hall–Kier alpha value is -0.120. The van der Waals surface area contributed by atoms with Crippen LogP contribution in [0.5, 0.6) is 0 Å². The molecule has 0 aromatic carbocycles. The van der Waals surface area contributed by atoms with Gasteiger partial charge in [-0.05, 0) is 13.1 Å². The molecule has 0 spiro atoms. The molecule has 0 saturated carbocycles. The highest BCUT2D eigenvalue weighted by atomic mass is 15.2. The van der Waals surface area contributed by atoms with Gasteiger partial charge in [0.15, 0.2) is 0 Å². The summed E-state index contributed by atoms with van der Waals surface area (Å²) in [6.07, 6.45) is 0.0417. The summed E-state index contributed by atoms with van der Waals surface area (Å²) in [6, 6.07) is 0. The Balaban J connectivity index is 3.50. The fraction of sp³-hybridized carbons (Fsp3) is 1.00. The van der Waals surface area contributed by atoms with E-state index in [1.165, 1.54) is 0 Å². The number of hydrogen-bond acceptors (Lipinski definition) is 3. The highest BCUT2D eigenvalue weighted by molar-refractivity contribution is 4.61. The summed E-state index contributed by atoms with van der Waals surface area (Å²) in [5.41, 5.74) is 11.0. The quantitative estimate of drug-likeness (QED) is 0.509. The van der Waals surface area contributed by atoms with Gasteiger partial charge < -0.3 is 11.5 Å².